The van der Waals surface area contributed by atoms with Crippen molar-refractivity contribution in [3.8, 4) is 5.69 Å². The third-order valence-corrected chi connectivity index (χ3v) is 5.06. The molecule has 0 radical (unpaired) electrons. The molecule has 0 bridgehead atoms. The number of amides is 2. The molecular formula is C21H23ClN4O3. The summed E-state index contributed by atoms with van der Waals surface area (Å²) in [6, 6.07) is 8.98. The normalized spacial score (nSPS) is 10.8. The lowest BCUT2D eigenvalue weighted by molar-refractivity contribution is -0.120. The molecule has 3 rings (SSSR count). The van der Waals surface area contributed by atoms with Crippen LogP contribution in [0.3, 0.4) is 0 Å². The van der Waals surface area contributed by atoms with Gasteiger partial charge in [0, 0.05) is 29.4 Å². The molecule has 0 atom stereocenters. The summed E-state index contributed by atoms with van der Waals surface area (Å²) in [4.78, 5) is 24.1. The lowest BCUT2D eigenvalue weighted by atomic mass is 10.1. The highest BCUT2D eigenvalue weighted by Gasteiger charge is 2.16. The van der Waals surface area contributed by atoms with Crippen molar-refractivity contribution in [3.63, 3.8) is 0 Å². The molecule has 0 aliphatic heterocycles. The Morgan fingerprint density at radius 1 is 1.14 bits per heavy atom. The van der Waals surface area contributed by atoms with Gasteiger partial charge >= 0.3 is 0 Å². The Kier molecular flexibility index (Phi) is 6.39. The summed E-state index contributed by atoms with van der Waals surface area (Å²) in [5.74, 6) is -0.204. The lowest BCUT2D eigenvalue weighted by Crippen LogP contribution is -2.35. The second-order valence-electron chi connectivity index (χ2n) is 6.75. The van der Waals surface area contributed by atoms with Crippen LogP contribution in [0.1, 0.15) is 33.1 Å². The van der Waals surface area contributed by atoms with E-state index in [1.54, 1.807) is 16.8 Å². The van der Waals surface area contributed by atoms with Crippen LogP contribution in [0.15, 0.2) is 41.0 Å². The van der Waals surface area contributed by atoms with Gasteiger partial charge in [-0.2, -0.15) is 5.10 Å². The number of carbonyl (C=O) groups excluding carboxylic acids is 2. The molecule has 0 fully saturated rings. The summed E-state index contributed by atoms with van der Waals surface area (Å²) < 4.78 is 6.81. The van der Waals surface area contributed by atoms with E-state index in [2.05, 4.69) is 15.7 Å². The van der Waals surface area contributed by atoms with Crippen LogP contribution in [0.5, 0.6) is 0 Å². The predicted octanol–water partition coefficient (Wildman–Crippen LogP) is 3.13. The van der Waals surface area contributed by atoms with Crippen molar-refractivity contribution in [2.75, 3.05) is 13.1 Å². The average Bonchev–Trinajstić information content (AvgIpc) is 3.32. The molecule has 2 amide bonds. The molecule has 2 aromatic heterocycles. The van der Waals surface area contributed by atoms with Crippen LogP contribution in [0.2, 0.25) is 5.02 Å². The van der Waals surface area contributed by atoms with Crippen LogP contribution in [0.25, 0.3) is 5.69 Å². The SMILES string of the molecule is Cc1ccc(-n2nc(C)c(CC(=O)NCCNC(=O)c3ccco3)c2C)cc1Cl. The van der Waals surface area contributed by atoms with E-state index in [9.17, 15) is 9.59 Å². The number of aromatic nitrogens is 2. The number of nitrogens with zero attached hydrogens (tertiary/aromatic N) is 2. The lowest BCUT2D eigenvalue weighted by Gasteiger charge is -2.08. The average molecular weight is 415 g/mol. The number of nitrogens with one attached hydrogen (secondary N) is 2. The van der Waals surface area contributed by atoms with E-state index in [-0.39, 0.29) is 24.0 Å². The molecule has 0 saturated carbocycles. The van der Waals surface area contributed by atoms with E-state index in [1.807, 2.05) is 39.0 Å². The third-order valence-electron chi connectivity index (χ3n) is 4.66. The predicted molar refractivity (Wildman–Crippen MR) is 111 cm³/mol. The summed E-state index contributed by atoms with van der Waals surface area (Å²) in [5, 5.41) is 10.7. The van der Waals surface area contributed by atoms with Crippen LogP contribution in [-0.2, 0) is 11.2 Å². The molecule has 7 nitrogen and oxygen atoms in total. The van der Waals surface area contributed by atoms with Crippen LogP contribution in [-0.4, -0.2) is 34.7 Å². The number of furan rings is 1. The highest BCUT2D eigenvalue weighted by atomic mass is 35.5. The van der Waals surface area contributed by atoms with Gasteiger partial charge in [0.05, 0.1) is 24.1 Å². The highest BCUT2D eigenvalue weighted by molar-refractivity contribution is 6.31. The van der Waals surface area contributed by atoms with Gasteiger partial charge in [0.1, 0.15) is 0 Å². The monoisotopic (exact) mass is 414 g/mol. The fraction of sp³-hybridized carbons (Fsp3) is 0.286. The Hall–Kier alpha value is -3.06. The fourth-order valence-electron chi connectivity index (χ4n) is 2.99. The van der Waals surface area contributed by atoms with Gasteiger partial charge in [0.2, 0.25) is 5.91 Å². The molecule has 0 aliphatic rings. The van der Waals surface area contributed by atoms with Gasteiger partial charge in [-0.3, -0.25) is 9.59 Å². The van der Waals surface area contributed by atoms with Crippen molar-refractivity contribution in [2.24, 2.45) is 0 Å². The first kappa shape index (κ1) is 20.7. The Morgan fingerprint density at radius 2 is 1.90 bits per heavy atom. The standard InChI is InChI=1S/C21H23ClN4O3/c1-13-6-7-16(11-18(13)22)26-15(3)17(14(2)25-26)12-20(27)23-8-9-24-21(28)19-5-4-10-29-19/h4-7,10-11H,8-9,12H2,1-3H3,(H,23,27)(H,24,28). The molecule has 29 heavy (non-hydrogen) atoms. The summed E-state index contributed by atoms with van der Waals surface area (Å²) in [6.45, 7) is 6.39. The molecule has 2 N–H and O–H groups in total. The van der Waals surface area contributed by atoms with Crippen LogP contribution in [0, 0.1) is 20.8 Å². The Labute approximate surface area is 174 Å². The second-order valence-corrected chi connectivity index (χ2v) is 7.16. The molecule has 0 saturated heterocycles. The number of benzene rings is 1. The molecule has 3 aromatic rings. The zero-order chi connectivity index (χ0) is 21.0. The molecule has 0 spiro atoms. The number of aryl methyl sites for hydroxylation is 2. The van der Waals surface area contributed by atoms with Crippen molar-refractivity contribution < 1.29 is 14.0 Å². The van der Waals surface area contributed by atoms with E-state index >= 15 is 0 Å². The minimum atomic E-state index is -0.311. The molecule has 0 aliphatic carbocycles. The maximum absolute atomic E-state index is 12.3. The van der Waals surface area contributed by atoms with Gasteiger partial charge < -0.3 is 15.1 Å². The summed E-state index contributed by atoms with van der Waals surface area (Å²) in [6.07, 6.45) is 1.65. The summed E-state index contributed by atoms with van der Waals surface area (Å²) in [7, 11) is 0. The van der Waals surface area contributed by atoms with Crippen LogP contribution < -0.4 is 10.6 Å². The van der Waals surface area contributed by atoms with Gasteiger partial charge in [0.15, 0.2) is 5.76 Å². The number of halogens is 1. The summed E-state index contributed by atoms with van der Waals surface area (Å²) >= 11 is 6.23. The zero-order valence-corrected chi connectivity index (χ0v) is 17.3. The first-order valence-electron chi connectivity index (χ1n) is 9.27. The van der Waals surface area contributed by atoms with Crippen molar-refractivity contribution in [1.82, 2.24) is 20.4 Å². The number of hydrogen-bond donors (Lipinski definition) is 2. The van der Waals surface area contributed by atoms with Gasteiger partial charge in [-0.1, -0.05) is 17.7 Å². The van der Waals surface area contributed by atoms with Crippen molar-refractivity contribution >= 4 is 23.4 Å². The molecule has 0 unspecified atom stereocenters. The molecule has 1 aromatic carbocycles. The topological polar surface area (TPSA) is 89.2 Å². The number of rotatable bonds is 7. The van der Waals surface area contributed by atoms with Gasteiger partial charge in [-0.05, 0) is 50.6 Å². The van der Waals surface area contributed by atoms with E-state index in [1.165, 1.54) is 6.26 Å². The Balaban J connectivity index is 1.57. The van der Waals surface area contributed by atoms with Crippen molar-refractivity contribution in [2.45, 2.75) is 27.2 Å². The molecule has 2 heterocycles. The van der Waals surface area contributed by atoms with E-state index < -0.39 is 0 Å². The van der Waals surface area contributed by atoms with Gasteiger partial charge in [-0.25, -0.2) is 4.68 Å². The van der Waals surface area contributed by atoms with Crippen molar-refractivity contribution in [3.05, 3.63) is 69.9 Å². The maximum atomic E-state index is 12.3. The summed E-state index contributed by atoms with van der Waals surface area (Å²) in [5.41, 5.74) is 4.41. The van der Waals surface area contributed by atoms with Crippen molar-refractivity contribution in [1.29, 1.82) is 0 Å². The van der Waals surface area contributed by atoms with E-state index in [0.717, 1.165) is 28.2 Å². The van der Waals surface area contributed by atoms with E-state index in [4.69, 9.17) is 16.0 Å². The second kappa shape index (κ2) is 8.96. The molecule has 152 valence electrons. The van der Waals surface area contributed by atoms with Crippen LogP contribution in [0.4, 0.5) is 0 Å². The number of carbonyl (C=O) groups is 2. The first-order valence-corrected chi connectivity index (χ1v) is 9.64. The smallest absolute Gasteiger partial charge is 0.287 e. The quantitative estimate of drug-likeness (QED) is 0.581. The Bertz CT molecular complexity index is 1020. The van der Waals surface area contributed by atoms with E-state index in [0.29, 0.717) is 18.1 Å². The Morgan fingerprint density at radius 3 is 2.59 bits per heavy atom. The third kappa shape index (κ3) is 4.86. The minimum absolute atomic E-state index is 0.134. The first-order chi connectivity index (χ1) is 13.9. The van der Waals surface area contributed by atoms with Gasteiger partial charge in [0.25, 0.3) is 5.91 Å². The maximum Gasteiger partial charge on any atom is 0.287 e. The minimum Gasteiger partial charge on any atom is -0.459 e. The van der Waals surface area contributed by atoms with Crippen LogP contribution >= 0.6 is 11.6 Å². The molecular weight excluding hydrogens is 392 g/mol. The van der Waals surface area contributed by atoms with Gasteiger partial charge in [-0.15, -0.1) is 0 Å². The highest BCUT2D eigenvalue weighted by Crippen LogP contribution is 2.23. The molecule has 8 heteroatoms. The zero-order valence-electron chi connectivity index (χ0n) is 16.6. The fourth-order valence-corrected chi connectivity index (χ4v) is 3.17. The largest absolute Gasteiger partial charge is 0.459 e. The number of hydrogen-bond acceptors (Lipinski definition) is 4.